The summed E-state index contributed by atoms with van der Waals surface area (Å²) in [5.74, 6) is 0.799. The largest absolute Gasteiger partial charge is 0.444 e. The van der Waals surface area contributed by atoms with Crippen molar-refractivity contribution in [2.45, 2.75) is 89.6 Å². The van der Waals surface area contributed by atoms with Crippen molar-refractivity contribution in [2.24, 2.45) is 0 Å². The number of alkyl halides is 3. The lowest BCUT2D eigenvalue weighted by atomic mass is 10.0. The van der Waals surface area contributed by atoms with Crippen LogP contribution in [0, 0.1) is 0 Å². The molecule has 2 aliphatic rings. The van der Waals surface area contributed by atoms with Crippen molar-refractivity contribution in [3.63, 3.8) is 0 Å². The number of hydrogen-bond acceptors (Lipinski definition) is 7. The number of benzene rings is 1. The van der Waals surface area contributed by atoms with Crippen LogP contribution in [0.4, 0.5) is 35.5 Å². The third-order valence-electron chi connectivity index (χ3n) is 7.52. The minimum atomic E-state index is -4.56. The third-order valence-corrected chi connectivity index (χ3v) is 7.73. The van der Waals surface area contributed by atoms with Gasteiger partial charge in [0.25, 0.3) is 0 Å². The monoisotopic (exact) mass is 593 g/mol. The quantitative estimate of drug-likeness (QED) is 0.315. The first-order chi connectivity index (χ1) is 19.2. The number of piperidine rings is 1. The molecule has 1 aliphatic heterocycles. The van der Waals surface area contributed by atoms with Crippen LogP contribution in [0.1, 0.15) is 77.8 Å². The summed E-state index contributed by atoms with van der Waals surface area (Å²) in [6, 6.07) is 3.17. The number of hydrogen-bond donors (Lipinski definition) is 2. The van der Waals surface area contributed by atoms with Crippen LogP contribution < -0.4 is 10.6 Å². The topological polar surface area (TPSA) is 97.2 Å². The summed E-state index contributed by atoms with van der Waals surface area (Å²) in [7, 11) is 0. The fourth-order valence-corrected chi connectivity index (χ4v) is 5.76. The highest BCUT2D eigenvalue weighted by Gasteiger charge is 2.33. The van der Waals surface area contributed by atoms with Gasteiger partial charge in [0.15, 0.2) is 5.65 Å². The molecule has 1 amide bonds. The standard InChI is InChI=1S/C28H35ClF3N7O2/c1-26(2,3)41-25(40)38-11-7-20(8-12-38)39-22-21(16-33-23(36-22)37-27(4)9-5-6-10-27)35-24(39)34-19-14-17(28(30,31)32)13-18(29)15-19/h13-16,20H,5-12H2,1-4H3,(H,34,35)(H,33,36,37). The molecule has 222 valence electrons. The number of nitrogens with one attached hydrogen (secondary N) is 2. The van der Waals surface area contributed by atoms with Crippen molar-refractivity contribution in [3.05, 3.63) is 35.0 Å². The van der Waals surface area contributed by atoms with Gasteiger partial charge in [-0.3, -0.25) is 4.57 Å². The minimum absolute atomic E-state index is 0.0493. The first-order valence-electron chi connectivity index (χ1n) is 13.9. The summed E-state index contributed by atoms with van der Waals surface area (Å²) in [6.07, 6.45) is 2.14. The Bertz CT molecular complexity index is 1420. The summed E-state index contributed by atoms with van der Waals surface area (Å²) >= 11 is 6.05. The van der Waals surface area contributed by atoms with Crippen molar-refractivity contribution in [1.82, 2.24) is 24.4 Å². The van der Waals surface area contributed by atoms with Crippen LogP contribution in [0.2, 0.25) is 5.02 Å². The number of halogens is 4. The van der Waals surface area contributed by atoms with Crippen molar-refractivity contribution in [3.8, 4) is 0 Å². The number of aromatic nitrogens is 4. The smallest absolute Gasteiger partial charge is 0.416 e. The van der Waals surface area contributed by atoms with E-state index in [1.165, 1.54) is 6.07 Å². The number of imidazole rings is 1. The van der Waals surface area contributed by atoms with E-state index >= 15 is 0 Å². The number of likely N-dealkylation sites (tertiary alicyclic amines) is 1. The van der Waals surface area contributed by atoms with Gasteiger partial charge < -0.3 is 20.3 Å². The van der Waals surface area contributed by atoms with Crippen molar-refractivity contribution in [1.29, 1.82) is 0 Å². The van der Waals surface area contributed by atoms with E-state index in [4.69, 9.17) is 21.3 Å². The molecule has 1 saturated carbocycles. The lowest BCUT2D eigenvalue weighted by Crippen LogP contribution is -2.42. The first-order valence-corrected chi connectivity index (χ1v) is 14.2. The van der Waals surface area contributed by atoms with Gasteiger partial charge in [-0.1, -0.05) is 24.4 Å². The maximum absolute atomic E-state index is 13.5. The second kappa shape index (κ2) is 10.8. The molecule has 0 radical (unpaired) electrons. The third kappa shape index (κ3) is 6.79. The van der Waals surface area contributed by atoms with Gasteiger partial charge in [-0.2, -0.15) is 18.2 Å². The highest BCUT2D eigenvalue weighted by molar-refractivity contribution is 6.31. The average Bonchev–Trinajstić information content (AvgIpc) is 3.45. The van der Waals surface area contributed by atoms with Crippen molar-refractivity contribution in [2.75, 3.05) is 23.7 Å². The molecule has 0 atom stereocenters. The summed E-state index contributed by atoms with van der Waals surface area (Å²) in [4.78, 5) is 28.3. The molecule has 3 aromatic rings. The normalized spacial score (nSPS) is 18.1. The number of carbonyl (C=O) groups excluding carboxylic acids is 1. The van der Waals surface area contributed by atoms with Gasteiger partial charge in [-0.15, -0.1) is 0 Å². The van der Waals surface area contributed by atoms with E-state index in [1.54, 1.807) is 11.1 Å². The second-order valence-corrected chi connectivity index (χ2v) is 12.6. The van der Waals surface area contributed by atoms with Gasteiger partial charge in [-0.05, 0) is 71.6 Å². The number of fused-ring (bicyclic) bond motifs is 1. The average molecular weight is 594 g/mol. The van der Waals surface area contributed by atoms with E-state index in [-0.39, 0.29) is 28.4 Å². The molecule has 41 heavy (non-hydrogen) atoms. The van der Waals surface area contributed by atoms with Crippen LogP contribution in [0.3, 0.4) is 0 Å². The van der Waals surface area contributed by atoms with E-state index in [2.05, 4.69) is 27.5 Å². The van der Waals surface area contributed by atoms with Crippen molar-refractivity contribution < 1.29 is 22.7 Å². The van der Waals surface area contributed by atoms with Gasteiger partial charge in [0.2, 0.25) is 11.9 Å². The van der Waals surface area contributed by atoms with Crippen LogP contribution in [0.25, 0.3) is 11.2 Å². The number of carbonyl (C=O) groups is 1. The van der Waals surface area contributed by atoms with Gasteiger partial charge in [-0.25, -0.2) is 14.8 Å². The molecule has 3 heterocycles. The van der Waals surface area contributed by atoms with E-state index in [0.29, 0.717) is 49.0 Å². The molecule has 0 unspecified atom stereocenters. The Morgan fingerprint density at radius 2 is 1.78 bits per heavy atom. The Hall–Kier alpha value is -3.28. The summed E-state index contributed by atoms with van der Waals surface area (Å²) in [5, 5.41) is 6.48. The maximum atomic E-state index is 13.5. The first kappa shape index (κ1) is 29.2. The summed E-state index contributed by atoms with van der Waals surface area (Å²) in [6.45, 7) is 8.52. The number of nitrogens with zero attached hydrogens (tertiary/aromatic N) is 5. The molecule has 9 nitrogen and oxygen atoms in total. The number of ether oxygens (including phenoxy) is 1. The van der Waals surface area contributed by atoms with Gasteiger partial charge >= 0.3 is 12.3 Å². The van der Waals surface area contributed by atoms with Gasteiger partial charge in [0, 0.05) is 35.4 Å². The summed E-state index contributed by atoms with van der Waals surface area (Å²) in [5.41, 5.74) is -0.363. The van der Waals surface area contributed by atoms with E-state index < -0.39 is 17.3 Å². The number of rotatable bonds is 5. The Kier molecular flexibility index (Phi) is 7.73. The van der Waals surface area contributed by atoms with Crippen LogP contribution in [-0.4, -0.2) is 54.7 Å². The number of anilines is 3. The van der Waals surface area contributed by atoms with Crippen LogP contribution >= 0.6 is 11.6 Å². The molecule has 2 N–H and O–H groups in total. The highest BCUT2D eigenvalue weighted by atomic mass is 35.5. The zero-order chi connectivity index (χ0) is 29.6. The predicted octanol–water partition coefficient (Wildman–Crippen LogP) is 7.56. The maximum Gasteiger partial charge on any atom is 0.416 e. The highest BCUT2D eigenvalue weighted by Crippen LogP contribution is 2.37. The number of amides is 1. The van der Waals surface area contributed by atoms with E-state index in [1.807, 2.05) is 25.3 Å². The molecule has 2 aromatic heterocycles. The zero-order valence-electron chi connectivity index (χ0n) is 23.6. The second-order valence-electron chi connectivity index (χ2n) is 12.2. The fraction of sp³-hybridized carbons (Fsp3) is 0.571. The van der Waals surface area contributed by atoms with Gasteiger partial charge in [0.1, 0.15) is 11.1 Å². The molecule has 2 fully saturated rings. The molecule has 1 saturated heterocycles. The molecule has 0 bridgehead atoms. The fourth-order valence-electron chi connectivity index (χ4n) is 5.52. The minimum Gasteiger partial charge on any atom is -0.444 e. The van der Waals surface area contributed by atoms with E-state index in [9.17, 15) is 18.0 Å². The molecular formula is C28H35ClF3N7O2. The predicted molar refractivity (Wildman–Crippen MR) is 152 cm³/mol. The Labute approximate surface area is 241 Å². The van der Waals surface area contributed by atoms with Crippen molar-refractivity contribution >= 4 is 46.4 Å². The Balaban J connectivity index is 1.49. The van der Waals surface area contributed by atoms with Gasteiger partial charge in [0.05, 0.1) is 11.8 Å². The van der Waals surface area contributed by atoms with E-state index in [0.717, 1.165) is 37.8 Å². The molecule has 13 heteroatoms. The van der Waals surface area contributed by atoms with Crippen LogP contribution in [0.5, 0.6) is 0 Å². The Morgan fingerprint density at radius 1 is 1.10 bits per heavy atom. The summed E-state index contributed by atoms with van der Waals surface area (Å²) < 4.78 is 47.9. The molecule has 5 rings (SSSR count). The zero-order valence-corrected chi connectivity index (χ0v) is 24.4. The SMILES string of the molecule is CC1(Nc2ncc3nc(Nc4cc(Cl)cc(C(F)(F)F)c4)n(C4CCN(C(=O)OC(C)(C)C)CC4)c3n2)CCCC1. The Morgan fingerprint density at radius 3 is 2.41 bits per heavy atom. The molecule has 0 spiro atoms. The molecule has 1 aliphatic carbocycles. The lowest BCUT2D eigenvalue weighted by Gasteiger charge is -2.34. The van der Waals surface area contributed by atoms with Crippen LogP contribution in [0.15, 0.2) is 24.4 Å². The lowest BCUT2D eigenvalue weighted by molar-refractivity contribution is -0.137. The molecular weight excluding hydrogens is 559 g/mol. The molecule has 1 aromatic carbocycles. The van der Waals surface area contributed by atoms with Crippen LogP contribution in [-0.2, 0) is 10.9 Å².